The van der Waals surface area contributed by atoms with E-state index in [1.807, 2.05) is 30.3 Å². The second kappa shape index (κ2) is 8.97. The molecule has 0 spiro atoms. The second-order valence-electron chi connectivity index (χ2n) is 6.64. The van der Waals surface area contributed by atoms with Gasteiger partial charge in [-0.1, -0.05) is 23.7 Å². The summed E-state index contributed by atoms with van der Waals surface area (Å²) in [5.41, 5.74) is 2.19. The summed E-state index contributed by atoms with van der Waals surface area (Å²) in [5, 5.41) is 3.51. The van der Waals surface area contributed by atoms with Crippen molar-refractivity contribution in [1.29, 1.82) is 0 Å². The Kier molecular flexibility index (Phi) is 5.95. The van der Waals surface area contributed by atoms with Crippen LogP contribution in [0.1, 0.15) is 21.5 Å². The number of halogens is 1. The zero-order valence-electron chi connectivity index (χ0n) is 16.3. The Balaban J connectivity index is 1.43. The van der Waals surface area contributed by atoms with Gasteiger partial charge in [-0.15, -0.1) is 0 Å². The third kappa shape index (κ3) is 4.60. The number of fused-ring (bicyclic) bond motifs is 1. The van der Waals surface area contributed by atoms with Crippen LogP contribution < -0.4 is 24.3 Å². The third-order valence-electron chi connectivity index (χ3n) is 4.62. The summed E-state index contributed by atoms with van der Waals surface area (Å²) >= 11 is 6.00. The zero-order valence-corrected chi connectivity index (χ0v) is 17.1. The molecule has 1 aliphatic heterocycles. The van der Waals surface area contributed by atoms with Crippen molar-refractivity contribution in [3.63, 3.8) is 0 Å². The first-order chi connectivity index (χ1) is 14.6. The van der Waals surface area contributed by atoms with Crippen LogP contribution in [0.3, 0.4) is 0 Å². The Hall–Kier alpha value is -3.38. The van der Waals surface area contributed by atoms with Crippen LogP contribution in [-0.2, 0) is 13.2 Å². The molecule has 0 unspecified atom stereocenters. The van der Waals surface area contributed by atoms with E-state index in [0.29, 0.717) is 40.1 Å². The molecule has 0 atom stereocenters. The van der Waals surface area contributed by atoms with Gasteiger partial charge in [0.2, 0.25) is 6.79 Å². The molecule has 7 heteroatoms. The molecule has 0 aliphatic carbocycles. The van der Waals surface area contributed by atoms with Gasteiger partial charge in [0, 0.05) is 22.7 Å². The van der Waals surface area contributed by atoms with Gasteiger partial charge in [0.05, 0.1) is 7.11 Å². The molecule has 1 aliphatic rings. The second-order valence-corrected chi connectivity index (χ2v) is 7.08. The molecule has 6 nitrogen and oxygen atoms in total. The number of carbonyl (C=O) groups is 1. The van der Waals surface area contributed by atoms with Crippen molar-refractivity contribution in [2.24, 2.45) is 0 Å². The lowest BCUT2D eigenvalue weighted by Crippen LogP contribution is -2.23. The summed E-state index contributed by atoms with van der Waals surface area (Å²) in [6.45, 7) is 0.833. The van der Waals surface area contributed by atoms with E-state index in [1.54, 1.807) is 37.4 Å². The summed E-state index contributed by atoms with van der Waals surface area (Å²) in [6, 6.07) is 18.0. The fourth-order valence-corrected chi connectivity index (χ4v) is 3.27. The highest BCUT2D eigenvalue weighted by molar-refractivity contribution is 6.30. The molecule has 3 aromatic carbocycles. The number of nitrogens with one attached hydrogen (secondary N) is 1. The minimum atomic E-state index is -0.195. The Morgan fingerprint density at radius 1 is 1.07 bits per heavy atom. The minimum absolute atomic E-state index is 0.195. The molecule has 1 N–H and O–H groups in total. The van der Waals surface area contributed by atoms with Gasteiger partial charge >= 0.3 is 0 Å². The quantitative estimate of drug-likeness (QED) is 0.600. The van der Waals surface area contributed by atoms with Crippen LogP contribution >= 0.6 is 11.6 Å². The molecule has 4 rings (SSSR count). The molecule has 0 fully saturated rings. The Morgan fingerprint density at radius 2 is 1.93 bits per heavy atom. The van der Waals surface area contributed by atoms with E-state index in [1.165, 1.54) is 0 Å². The van der Waals surface area contributed by atoms with Crippen LogP contribution in [0.15, 0.2) is 60.7 Å². The average molecular weight is 426 g/mol. The van der Waals surface area contributed by atoms with E-state index < -0.39 is 0 Å². The molecule has 0 saturated carbocycles. The number of amides is 1. The van der Waals surface area contributed by atoms with Gasteiger partial charge in [-0.05, 0) is 54.1 Å². The van der Waals surface area contributed by atoms with Gasteiger partial charge in [0.1, 0.15) is 18.1 Å². The van der Waals surface area contributed by atoms with E-state index in [-0.39, 0.29) is 19.3 Å². The van der Waals surface area contributed by atoms with Gasteiger partial charge in [0.15, 0.2) is 11.5 Å². The summed E-state index contributed by atoms with van der Waals surface area (Å²) in [4.78, 5) is 12.7. The van der Waals surface area contributed by atoms with Crippen molar-refractivity contribution < 1.29 is 23.7 Å². The van der Waals surface area contributed by atoms with Crippen molar-refractivity contribution in [1.82, 2.24) is 5.32 Å². The van der Waals surface area contributed by atoms with Crippen molar-refractivity contribution in [3.05, 3.63) is 82.4 Å². The topological polar surface area (TPSA) is 66.0 Å². The standard InChI is InChI=1S/C23H20ClNO5/c1-27-20-8-6-16(10-17(20)13-28-19-4-2-3-18(24)11-19)23(26)25-12-15-5-7-21-22(9-15)30-14-29-21/h2-11H,12-14H2,1H3,(H,25,26). The van der Waals surface area contributed by atoms with Gasteiger partial charge in [-0.25, -0.2) is 0 Å². The highest BCUT2D eigenvalue weighted by Crippen LogP contribution is 2.32. The lowest BCUT2D eigenvalue weighted by atomic mass is 10.1. The first-order valence-electron chi connectivity index (χ1n) is 9.34. The van der Waals surface area contributed by atoms with Crippen molar-refractivity contribution >= 4 is 17.5 Å². The van der Waals surface area contributed by atoms with Crippen molar-refractivity contribution in [3.8, 4) is 23.0 Å². The summed E-state index contributed by atoms with van der Waals surface area (Å²) in [6.07, 6.45) is 0. The van der Waals surface area contributed by atoms with Gasteiger partial charge in [-0.3, -0.25) is 4.79 Å². The van der Waals surface area contributed by atoms with E-state index in [4.69, 9.17) is 30.5 Å². The molecule has 0 radical (unpaired) electrons. The molecule has 154 valence electrons. The highest BCUT2D eigenvalue weighted by atomic mass is 35.5. The van der Waals surface area contributed by atoms with Gasteiger partial charge in [-0.2, -0.15) is 0 Å². The minimum Gasteiger partial charge on any atom is -0.496 e. The van der Waals surface area contributed by atoms with Crippen LogP contribution in [-0.4, -0.2) is 19.8 Å². The van der Waals surface area contributed by atoms with E-state index >= 15 is 0 Å². The predicted octanol–water partition coefficient (Wildman–Crippen LogP) is 4.59. The monoisotopic (exact) mass is 425 g/mol. The Bertz CT molecular complexity index is 1070. The molecular weight excluding hydrogens is 406 g/mol. The van der Waals surface area contributed by atoms with Crippen LogP contribution in [0.2, 0.25) is 5.02 Å². The number of hydrogen-bond acceptors (Lipinski definition) is 5. The largest absolute Gasteiger partial charge is 0.496 e. The first kappa shape index (κ1) is 19.9. The SMILES string of the molecule is COc1ccc(C(=O)NCc2ccc3c(c2)OCO3)cc1COc1cccc(Cl)c1. The Labute approximate surface area is 179 Å². The maximum Gasteiger partial charge on any atom is 0.251 e. The van der Waals surface area contributed by atoms with Crippen LogP contribution in [0, 0.1) is 0 Å². The van der Waals surface area contributed by atoms with E-state index in [9.17, 15) is 4.79 Å². The molecule has 1 amide bonds. The lowest BCUT2D eigenvalue weighted by Gasteiger charge is -2.13. The average Bonchev–Trinajstić information content (AvgIpc) is 3.24. The fourth-order valence-electron chi connectivity index (χ4n) is 3.09. The maximum absolute atomic E-state index is 12.7. The number of ether oxygens (including phenoxy) is 4. The fraction of sp³-hybridized carbons (Fsp3) is 0.174. The third-order valence-corrected chi connectivity index (χ3v) is 4.86. The molecule has 3 aromatic rings. The summed E-state index contributed by atoms with van der Waals surface area (Å²) < 4.78 is 21.9. The van der Waals surface area contributed by atoms with Crippen LogP contribution in [0.5, 0.6) is 23.0 Å². The maximum atomic E-state index is 12.7. The number of carbonyl (C=O) groups excluding carboxylic acids is 1. The Morgan fingerprint density at radius 3 is 2.77 bits per heavy atom. The van der Waals surface area contributed by atoms with Crippen molar-refractivity contribution in [2.75, 3.05) is 13.9 Å². The number of benzene rings is 3. The number of rotatable bonds is 7. The molecule has 0 aromatic heterocycles. The zero-order chi connectivity index (χ0) is 20.9. The molecule has 30 heavy (non-hydrogen) atoms. The highest BCUT2D eigenvalue weighted by Gasteiger charge is 2.15. The predicted molar refractivity (Wildman–Crippen MR) is 113 cm³/mol. The molecule has 1 heterocycles. The van der Waals surface area contributed by atoms with Gasteiger partial charge in [0.25, 0.3) is 5.91 Å². The molecular formula is C23H20ClNO5. The lowest BCUT2D eigenvalue weighted by molar-refractivity contribution is 0.0950. The number of methoxy groups -OCH3 is 1. The summed E-state index contributed by atoms with van der Waals surface area (Å²) in [5.74, 6) is 2.49. The first-order valence-corrected chi connectivity index (χ1v) is 9.72. The van der Waals surface area contributed by atoms with Crippen molar-refractivity contribution in [2.45, 2.75) is 13.2 Å². The van der Waals surface area contributed by atoms with Crippen LogP contribution in [0.25, 0.3) is 0 Å². The summed E-state index contributed by atoms with van der Waals surface area (Å²) in [7, 11) is 1.58. The van der Waals surface area contributed by atoms with Gasteiger partial charge < -0.3 is 24.3 Å². The van der Waals surface area contributed by atoms with E-state index in [2.05, 4.69) is 5.32 Å². The van der Waals surface area contributed by atoms with Crippen LogP contribution in [0.4, 0.5) is 0 Å². The molecule has 0 saturated heterocycles. The van der Waals surface area contributed by atoms with E-state index in [0.717, 1.165) is 11.1 Å². The smallest absolute Gasteiger partial charge is 0.251 e. The normalized spacial score (nSPS) is 11.8. The number of hydrogen-bond donors (Lipinski definition) is 1. The molecule has 0 bridgehead atoms.